The lowest BCUT2D eigenvalue weighted by atomic mass is 10.2. The summed E-state index contributed by atoms with van der Waals surface area (Å²) in [5.41, 5.74) is 1.32. The molecule has 20 heavy (non-hydrogen) atoms. The lowest BCUT2D eigenvalue weighted by Crippen LogP contribution is -2.06. The minimum Gasteiger partial charge on any atom is -0.494 e. The Morgan fingerprint density at radius 1 is 1.35 bits per heavy atom. The molecule has 1 aromatic carbocycles. The summed E-state index contributed by atoms with van der Waals surface area (Å²) in [5.74, 6) is 0.114. The number of benzene rings is 1. The number of anilines is 2. The number of rotatable bonds is 5. The molecule has 0 amide bonds. The number of nitrogens with zero attached hydrogens (tertiary/aromatic N) is 2. The first-order valence-corrected chi connectivity index (χ1v) is 6.17. The van der Waals surface area contributed by atoms with Crippen LogP contribution in [0, 0.1) is 6.92 Å². The Morgan fingerprint density at radius 3 is 2.60 bits per heavy atom. The minimum absolute atomic E-state index is 0.0993. The van der Waals surface area contributed by atoms with Crippen LogP contribution in [0.4, 0.5) is 11.6 Å². The van der Waals surface area contributed by atoms with E-state index in [2.05, 4.69) is 15.3 Å². The SMILES string of the molecule is CCOc1ccc(Nc2ncc(C(=O)O)c(C)n2)cc1. The molecule has 0 saturated carbocycles. The smallest absolute Gasteiger partial charge is 0.339 e. The van der Waals surface area contributed by atoms with Gasteiger partial charge in [-0.25, -0.2) is 14.8 Å². The highest BCUT2D eigenvalue weighted by Gasteiger charge is 2.09. The van der Waals surface area contributed by atoms with E-state index in [1.54, 1.807) is 6.92 Å². The van der Waals surface area contributed by atoms with E-state index in [1.165, 1.54) is 6.20 Å². The lowest BCUT2D eigenvalue weighted by Gasteiger charge is -2.08. The third kappa shape index (κ3) is 3.23. The van der Waals surface area contributed by atoms with E-state index in [9.17, 15) is 4.79 Å². The Balaban J connectivity index is 2.13. The van der Waals surface area contributed by atoms with Gasteiger partial charge in [0.25, 0.3) is 0 Å². The number of hydrogen-bond acceptors (Lipinski definition) is 5. The molecular weight excluding hydrogens is 258 g/mol. The monoisotopic (exact) mass is 273 g/mol. The quantitative estimate of drug-likeness (QED) is 0.871. The zero-order valence-electron chi connectivity index (χ0n) is 11.3. The summed E-state index contributed by atoms with van der Waals surface area (Å²) in [5, 5.41) is 11.9. The van der Waals surface area contributed by atoms with Gasteiger partial charge >= 0.3 is 5.97 Å². The fraction of sp³-hybridized carbons (Fsp3) is 0.214. The van der Waals surface area contributed by atoms with E-state index < -0.39 is 5.97 Å². The summed E-state index contributed by atoms with van der Waals surface area (Å²) in [6.07, 6.45) is 1.29. The van der Waals surface area contributed by atoms with Crippen molar-refractivity contribution in [2.75, 3.05) is 11.9 Å². The molecule has 0 aliphatic carbocycles. The van der Waals surface area contributed by atoms with Crippen LogP contribution in [0.2, 0.25) is 0 Å². The van der Waals surface area contributed by atoms with Gasteiger partial charge in [0.2, 0.25) is 5.95 Å². The van der Waals surface area contributed by atoms with E-state index in [-0.39, 0.29) is 5.56 Å². The normalized spacial score (nSPS) is 10.1. The van der Waals surface area contributed by atoms with Crippen molar-refractivity contribution in [1.82, 2.24) is 9.97 Å². The maximum atomic E-state index is 10.9. The molecule has 0 fully saturated rings. The van der Waals surface area contributed by atoms with Crippen LogP contribution < -0.4 is 10.1 Å². The number of aromatic nitrogens is 2. The average Bonchev–Trinajstić information content (AvgIpc) is 2.41. The molecule has 0 bridgehead atoms. The maximum Gasteiger partial charge on any atom is 0.339 e. The molecule has 2 aromatic rings. The zero-order valence-corrected chi connectivity index (χ0v) is 11.3. The van der Waals surface area contributed by atoms with Crippen LogP contribution >= 0.6 is 0 Å². The summed E-state index contributed by atoms with van der Waals surface area (Å²) < 4.78 is 5.35. The number of carboxylic acid groups (broad SMARTS) is 1. The summed E-state index contributed by atoms with van der Waals surface area (Å²) >= 11 is 0. The Bertz CT molecular complexity index is 612. The third-order valence-corrected chi connectivity index (χ3v) is 2.63. The van der Waals surface area contributed by atoms with Gasteiger partial charge in [-0.05, 0) is 38.1 Å². The van der Waals surface area contributed by atoms with Crippen molar-refractivity contribution in [3.8, 4) is 5.75 Å². The molecule has 2 rings (SSSR count). The van der Waals surface area contributed by atoms with Crippen LogP contribution in [-0.2, 0) is 0 Å². The van der Waals surface area contributed by atoms with Crippen molar-refractivity contribution < 1.29 is 14.6 Å². The van der Waals surface area contributed by atoms with Gasteiger partial charge in [-0.3, -0.25) is 0 Å². The van der Waals surface area contributed by atoms with Crippen LogP contribution in [0.15, 0.2) is 30.5 Å². The van der Waals surface area contributed by atoms with E-state index in [0.29, 0.717) is 18.2 Å². The molecule has 0 saturated heterocycles. The standard InChI is InChI=1S/C14H15N3O3/c1-3-20-11-6-4-10(5-7-11)17-14-15-8-12(13(18)19)9(2)16-14/h4-8H,3H2,1-2H3,(H,18,19)(H,15,16,17). The van der Waals surface area contributed by atoms with Gasteiger partial charge in [-0.1, -0.05) is 0 Å². The number of aromatic carboxylic acids is 1. The molecule has 0 spiro atoms. The van der Waals surface area contributed by atoms with Gasteiger partial charge in [0.05, 0.1) is 17.9 Å². The Hall–Kier alpha value is -2.63. The van der Waals surface area contributed by atoms with Gasteiger partial charge in [0.1, 0.15) is 5.75 Å². The fourth-order valence-corrected chi connectivity index (χ4v) is 1.67. The Morgan fingerprint density at radius 2 is 2.05 bits per heavy atom. The van der Waals surface area contributed by atoms with E-state index in [1.807, 2.05) is 31.2 Å². The molecule has 0 radical (unpaired) electrons. The highest BCUT2D eigenvalue weighted by Crippen LogP contribution is 2.18. The molecule has 0 atom stereocenters. The third-order valence-electron chi connectivity index (χ3n) is 2.63. The highest BCUT2D eigenvalue weighted by molar-refractivity contribution is 5.88. The number of aryl methyl sites for hydroxylation is 1. The predicted octanol–water partition coefficient (Wildman–Crippen LogP) is 2.63. The second kappa shape index (κ2) is 6.01. The molecule has 6 heteroatoms. The summed E-state index contributed by atoms with van der Waals surface area (Å²) in [7, 11) is 0. The molecule has 1 heterocycles. The molecule has 6 nitrogen and oxygen atoms in total. The largest absolute Gasteiger partial charge is 0.494 e. The van der Waals surface area contributed by atoms with Crippen LogP contribution in [-0.4, -0.2) is 27.7 Å². The number of carbonyl (C=O) groups is 1. The first-order valence-electron chi connectivity index (χ1n) is 6.17. The van der Waals surface area contributed by atoms with E-state index >= 15 is 0 Å². The van der Waals surface area contributed by atoms with Gasteiger partial charge in [-0.15, -0.1) is 0 Å². The first-order chi connectivity index (χ1) is 9.60. The average molecular weight is 273 g/mol. The van der Waals surface area contributed by atoms with Crippen LogP contribution in [0.5, 0.6) is 5.75 Å². The van der Waals surface area contributed by atoms with Gasteiger partial charge in [0, 0.05) is 11.9 Å². The molecule has 104 valence electrons. The van der Waals surface area contributed by atoms with Crippen LogP contribution in [0.25, 0.3) is 0 Å². The fourth-order valence-electron chi connectivity index (χ4n) is 1.67. The Kier molecular flexibility index (Phi) is 4.14. The molecule has 2 N–H and O–H groups in total. The number of hydrogen-bond donors (Lipinski definition) is 2. The summed E-state index contributed by atoms with van der Waals surface area (Å²) in [4.78, 5) is 19.0. The van der Waals surface area contributed by atoms with Gasteiger partial charge in [0.15, 0.2) is 0 Å². The van der Waals surface area contributed by atoms with E-state index in [0.717, 1.165) is 11.4 Å². The number of ether oxygens (including phenoxy) is 1. The van der Waals surface area contributed by atoms with Gasteiger partial charge in [-0.2, -0.15) is 0 Å². The van der Waals surface area contributed by atoms with Crippen molar-refractivity contribution >= 4 is 17.6 Å². The van der Waals surface area contributed by atoms with Crippen molar-refractivity contribution in [3.05, 3.63) is 41.7 Å². The molecule has 0 aliphatic rings. The van der Waals surface area contributed by atoms with Crippen molar-refractivity contribution in [3.63, 3.8) is 0 Å². The summed E-state index contributed by atoms with van der Waals surface area (Å²) in [6, 6.07) is 7.36. The first kappa shape index (κ1) is 13.8. The second-order valence-corrected chi connectivity index (χ2v) is 4.08. The zero-order chi connectivity index (χ0) is 14.5. The Labute approximate surface area is 116 Å². The maximum absolute atomic E-state index is 10.9. The molecule has 0 unspecified atom stereocenters. The highest BCUT2D eigenvalue weighted by atomic mass is 16.5. The second-order valence-electron chi connectivity index (χ2n) is 4.08. The van der Waals surface area contributed by atoms with Crippen molar-refractivity contribution in [2.45, 2.75) is 13.8 Å². The van der Waals surface area contributed by atoms with E-state index in [4.69, 9.17) is 9.84 Å². The minimum atomic E-state index is -1.03. The van der Waals surface area contributed by atoms with Crippen molar-refractivity contribution in [1.29, 1.82) is 0 Å². The van der Waals surface area contributed by atoms with Crippen molar-refractivity contribution in [2.24, 2.45) is 0 Å². The van der Waals surface area contributed by atoms with Gasteiger partial charge < -0.3 is 15.2 Å². The van der Waals surface area contributed by atoms with Crippen LogP contribution in [0.3, 0.4) is 0 Å². The number of nitrogens with one attached hydrogen (secondary N) is 1. The number of carboxylic acids is 1. The molecular formula is C14H15N3O3. The predicted molar refractivity (Wildman–Crippen MR) is 74.6 cm³/mol. The molecule has 1 aromatic heterocycles. The van der Waals surface area contributed by atoms with Crippen LogP contribution in [0.1, 0.15) is 23.0 Å². The molecule has 0 aliphatic heterocycles. The topological polar surface area (TPSA) is 84.3 Å². The summed E-state index contributed by atoms with van der Waals surface area (Å²) in [6.45, 7) is 4.17. The lowest BCUT2D eigenvalue weighted by molar-refractivity contribution is 0.0695.